The van der Waals surface area contributed by atoms with Crippen LogP contribution in [0.1, 0.15) is 35.5 Å². The summed E-state index contributed by atoms with van der Waals surface area (Å²) in [5, 5.41) is 28.4. The highest BCUT2D eigenvalue weighted by Crippen LogP contribution is 2.30. The summed E-state index contributed by atoms with van der Waals surface area (Å²) in [6.07, 6.45) is -2.81. The van der Waals surface area contributed by atoms with Gasteiger partial charge in [0.15, 0.2) is 0 Å². The van der Waals surface area contributed by atoms with Gasteiger partial charge in [-0.25, -0.2) is 13.9 Å². The Bertz CT molecular complexity index is 1520. The first-order valence-corrected chi connectivity index (χ1v) is 11.2. The molecule has 9 nitrogen and oxygen atoms in total. The largest absolute Gasteiger partial charge is 0.433 e. The molecule has 0 aliphatic carbocycles. The van der Waals surface area contributed by atoms with E-state index in [-0.39, 0.29) is 16.9 Å². The van der Waals surface area contributed by atoms with Crippen LogP contribution in [0.3, 0.4) is 0 Å². The molecule has 0 aliphatic heterocycles. The van der Waals surface area contributed by atoms with E-state index < -0.39 is 36.1 Å². The Morgan fingerprint density at radius 1 is 1.13 bits per heavy atom. The molecule has 0 saturated carbocycles. The number of nitriles is 1. The lowest BCUT2D eigenvalue weighted by molar-refractivity contribution is -0.141. The molecular weight excluding hydrogens is 506 g/mol. The smallest absolute Gasteiger partial charge is 0.387 e. The number of amides is 1. The van der Waals surface area contributed by atoms with E-state index in [9.17, 15) is 27.5 Å². The maximum atomic E-state index is 14.2. The molecule has 0 aliphatic rings. The van der Waals surface area contributed by atoms with Crippen LogP contribution < -0.4 is 10.6 Å². The SMILES string of the molecule is CC(C)(O)C(F)CNC(=O)c1cnc(-c2ccc3cc(C#N)cnn23)cc1Nc1ccc(C(F)(F)F)nc1. The first kappa shape index (κ1) is 26.5. The lowest BCUT2D eigenvalue weighted by Gasteiger charge is -2.22. The number of nitrogens with zero attached hydrogens (tertiary/aromatic N) is 5. The molecule has 0 fully saturated rings. The molecule has 0 radical (unpaired) electrons. The van der Waals surface area contributed by atoms with Crippen molar-refractivity contribution in [2.75, 3.05) is 11.9 Å². The molecule has 1 unspecified atom stereocenters. The van der Waals surface area contributed by atoms with E-state index >= 15 is 0 Å². The van der Waals surface area contributed by atoms with E-state index in [0.717, 1.165) is 18.3 Å². The molecule has 4 aromatic heterocycles. The number of aromatic nitrogens is 4. The third kappa shape index (κ3) is 5.70. The van der Waals surface area contributed by atoms with Crippen LogP contribution in [0.15, 0.2) is 55.0 Å². The molecular formula is C25H21F4N7O2. The number of carbonyl (C=O) groups excluding carboxylic acids is 1. The van der Waals surface area contributed by atoms with Crippen LogP contribution in [0, 0.1) is 11.3 Å². The maximum Gasteiger partial charge on any atom is 0.433 e. The van der Waals surface area contributed by atoms with E-state index in [1.807, 2.05) is 6.07 Å². The quantitative estimate of drug-likeness (QED) is 0.306. The number of fused-ring (bicyclic) bond motifs is 1. The Balaban J connectivity index is 1.71. The predicted molar refractivity (Wildman–Crippen MR) is 129 cm³/mol. The number of hydrogen-bond acceptors (Lipinski definition) is 7. The normalized spacial score (nSPS) is 12.7. The van der Waals surface area contributed by atoms with Gasteiger partial charge in [0.1, 0.15) is 17.9 Å². The van der Waals surface area contributed by atoms with Gasteiger partial charge in [-0.2, -0.15) is 23.5 Å². The summed E-state index contributed by atoms with van der Waals surface area (Å²) in [6, 6.07) is 10.5. The van der Waals surface area contributed by atoms with Gasteiger partial charge < -0.3 is 15.7 Å². The topological polar surface area (TPSA) is 128 Å². The third-order valence-electron chi connectivity index (χ3n) is 5.58. The second-order valence-corrected chi connectivity index (χ2v) is 8.91. The summed E-state index contributed by atoms with van der Waals surface area (Å²) < 4.78 is 54.5. The monoisotopic (exact) mass is 527 g/mol. The van der Waals surface area contributed by atoms with Crippen molar-refractivity contribution in [3.63, 3.8) is 0 Å². The summed E-state index contributed by atoms with van der Waals surface area (Å²) >= 11 is 0. The number of alkyl halides is 4. The molecule has 0 spiro atoms. The van der Waals surface area contributed by atoms with Gasteiger partial charge in [0.2, 0.25) is 0 Å². The van der Waals surface area contributed by atoms with Crippen molar-refractivity contribution < 1.29 is 27.5 Å². The van der Waals surface area contributed by atoms with Crippen LogP contribution in [0.5, 0.6) is 0 Å². The minimum atomic E-state index is -4.62. The highest BCUT2D eigenvalue weighted by molar-refractivity contribution is 6.00. The lowest BCUT2D eigenvalue weighted by atomic mass is 10.0. The van der Waals surface area contributed by atoms with Crippen LogP contribution >= 0.6 is 0 Å². The molecule has 4 heterocycles. The summed E-state index contributed by atoms with van der Waals surface area (Å²) in [4.78, 5) is 20.6. The van der Waals surface area contributed by atoms with Gasteiger partial charge in [0, 0.05) is 6.20 Å². The molecule has 0 aromatic carbocycles. The average molecular weight is 527 g/mol. The molecule has 13 heteroatoms. The van der Waals surface area contributed by atoms with Crippen molar-refractivity contribution >= 4 is 22.8 Å². The summed E-state index contributed by atoms with van der Waals surface area (Å²) in [6.45, 7) is 2.04. The maximum absolute atomic E-state index is 14.2. The van der Waals surface area contributed by atoms with Gasteiger partial charge in [0.05, 0.1) is 63.9 Å². The van der Waals surface area contributed by atoms with Gasteiger partial charge in [-0.3, -0.25) is 9.78 Å². The predicted octanol–water partition coefficient (Wildman–Crippen LogP) is 4.26. The zero-order chi connectivity index (χ0) is 27.7. The average Bonchev–Trinajstić information content (AvgIpc) is 3.29. The number of halogens is 4. The first-order valence-electron chi connectivity index (χ1n) is 11.2. The van der Waals surface area contributed by atoms with E-state index in [2.05, 4.69) is 25.7 Å². The van der Waals surface area contributed by atoms with E-state index in [1.165, 1.54) is 36.8 Å². The van der Waals surface area contributed by atoms with Crippen LogP contribution in [0.4, 0.5) is 28.9 Å². The Kier molecular flexibility index (Phi) is 7.01. The lowest BCUT2D eigenvalue weighted by Crippen LogP contribution is -2.42. The Hall–Kier alpha value is -4.57. The first-order chi connectivity index (χ1) is 17.9. The van der Waals surface area contributed by atoms with Crippen molar-refractivity contribution in [1.29, 1.82) is 5.26 Å². The van der Waals surface area contributed by atoms with Crippen molar-refractivity contribution in [3.05, 3.63) is 71.8 Å². The van der Waals surface area contributed by atoms with Crippen molar-refractivity contribution in [3.8, 4) is 17.5 Å². The third-order valence-corrected chi connectivity index (χ3v) is 5.58. The number of hydrogen-bond donors (Lipinski definition) is 3. The van der Waals surface area contributed by atoms with Gasteiger partial charge in [-0.15, -0.1) is 0 Å². The second kappa shape index (κ2) is 10.1. The Morgan fingerprint density at radius 2 is 1.89 bits per heavy atom. The van der Waals surface area contributed by atoms with Crippen LogP contribution in [-0.4, -0.2) is 48.9 Å². The molecule has 1 atom stereocenters. The van der Waals surface area contributed by atoms with Crippen molar-refractivity contribution in [2.24, 2.45) is 0 Å². The number of aliphatic hydroxyl groups is 1. The van der Waals surface area contributed by atoms with Crippen LogP contribution in [-0.2, 0) is 6.18 Å². The number of anilines is 2. The summed E-state index contributed by atoms with van der Waals surface area (Å²) in [7, 11) is 0. The second-order valence-electron chi connectivity index (χ2n) is 8.91. The van der Waals surface area contributed by atoms with Gasteiger partial charge >= 0.3 is 6.18 Å². The van der Waals surface area contributed by atoms with Crippen molar-refractivity contribution in [2.45, 2.75) is 31.8 Å². The number of carbonyl (C=O) groups is 1. The minimum Gasteiger partial charge on any atom is -0.387 e. The molecule has 4 aromatic rings. The van der Waals surface area contributed by atoms with Gasteiger partial charge in [-0.05, 0) is 50.2 Å². The van der Waals surface area contributed by atoms with E-state index in [0.29, 0.717) is 22.5 Å². The fourth-order valence-corrected chi connectivity index (χ4v) is 3.45. The van der Waals surface area contributed by atoms with E-state index in [1.54, 1.807) is 18.2 Å². The Labute approximate surface area is 213 Å². The zero-order valence-corrected chi connectivity index (χ0v) is 20.1. The van der Waals surface area contributed by atoms with E-state index in [4.69, 9.17) is 5.26 Å². The fourth-order valence-electron chi connectivity index (χ4n) is 3.45. The minimum absolute atomic E-state index is 0.0304. The van der Waals surface area contributed by atoms with Crippen molar-refractivity contribution in [1.82, 2.24) is 24.9 Å². The van der Waals surface area contributed by atoms with Gasteiger partial charge in [0.25, 0.3) is 5.91 Å². The van der Waals surface area contributed by atoms with Crippen LogP contribution in [0.2, 0.25) is 0 Å². The standard InChI is InChI=1S/C25H21F4N7O2/c1-24(2,38)21(26)13-33-23(37)17-12-31-19(20-5-4-16-7-14(9-30)10-34-36(16)20)8-18(17)35-15-3-6-22(32-11-15)25(27,28)29/h3-8,10-12,21,38H,13H2,1-2H3,(H,31,35)(H,33,37). The van der Waals surface area contributed by atoms with Gasteiger partial charge in [-0.1, -0.05) is 0 Å². The molecule has 38 heavy (non-hydrogen) atoms. The fraction of sp³-hybridized carbons (Fsp3) is 0.240. The molecule has 1 amide bonds. The molecule has 3 N–H and O–H groups in total. The summed E-state index contributed by atoms with van der Waals surface area (Å²) in [5.41, 5.74) is -0.663. The Morgan fingerprint density at radius 3 is 2.53 bits per heavy atom. The zero-order valence-electron chi connectivity index (χ0n) is 20.1. The molecule has 0 saturated heterocycles. The molecule has 196 valence electrons. The van der Waals surface area contributed by atoms with Crippen LogP contribution in [0.25, 0.3) is 16.9 Å². The number of rotatable bonds is 7. The molecule has 0 bridgehead atoms. The number of nitrogens with one attached hydrogen (secondary N) is 2. The highest BCUT2D eigenvalue weighted by Gasteiger charge is 2.32. The highest BCUT2D eigenvalue weighted by atomic mass is 19.4. The number of pyridine rings is 2. The summed E-state index contributed by atoms with van der Waals surface area (Å²) in [5.74, 6) is -0.727. The molecule has 4 rings (SSSR count).